The number of hydrogen-bond donors (Lipinski definition) is 2. The molecule has 2 rings (SSSR count). The van der Waals surface area contributed by atoms with E-state index in [0.717, 1.165) is 0 Å². The summed E-state index contributed by atoms with van der Waals surface area (Å²) in [5.74, 6) is -0.378. The highest BCUT2D eigenvalue weighted by atomic mass is 16.4. The van der Waals surface area contributed by atoms with Crippen molar-refractivity contribution in [3.05, 3.63) is 46.5 Å². The maximum Gasteiger partial charge on any atom is 0.360 e. The van der Waals surface area contributed by atoms with E-state index in [4.69, 9.17) is 14.9 Å². The van der Waals surface area contributed by atoms with Gasteiger partial charge in [-0.25, -0.2) is 4.79 Å². The fourth-order valence-electron chi connectivity index (χ4n) is 1.74. The molecule has 0 fully saturated rings. The van der Waals surface area contributed by atoms with Crippen molar-refractivity contribution in [2.24, 2.45) is 0 Å². The molecule has 1 heterocycles. The van der Waals surface area contributed by atoms with Crippen LogP contribution in [0.25, 0.3) is 11.0 Å². The van der Waals surface area contributed by atoms with E-state index in [2.05, 4.69) is 10.6 Å². The number of benzene rings is 1. The second-order valence-corrected chi connectivity index (χ2v) is 4.31. The highest BCUT2D eigenvalue weighted by Crippen LogP contribution is 2.20. The van der Waals surface area contributed by atoms with Gasteiger partial charge in [0, 0.05) is 24.2 Å². The molecular weight excluding hydrogens is 284 g/mol. The molecule has 1 aromatic heterocycles. The predicted octanol–water partition coefficient (Wildman–Crippen LogP) is 2.09. The standard InChI is InChI=1S/C15H10N4O3/c1-9(20)19-13-5-11-4-12(18-8-10(6-16)7-17)2-3-14(11)22-15(13)21/h2-5,8,18H,1H3,(H,19,20). The van der Waals surface area contributed by atoms with Crippen LogP contribution in [0.3, 0.4) is 0 Å². The molecule has 0 aliphatic carbocycles. The highest BCUT2D eigenvalue weighted by Gasteiger charge is 2.07. The van der Waals surface area contributed by atoms with Crippen LogP contribution in [0.5, 0.6) is 0 Å². The molecule has 0 saturated heterocycles. The minimum atomic E-state index is -0.639. The number of nitriles is 2. The van der Waals surface area contributed by atoms with E-state index in [1.54, 1.807) is 30.3 Å². The SMILES string of the molecule is CC(=O)Nc1cc2cc(NC=C(C#N)C#N)ccc2oc1=O. The summed E-state index contributed by atoms with van der Waals surface area (Å²) in [7, 11) is 0. The first kappa shape index (κ1) is 14.8. The Hall–Kier alpha value is -3.58. The summed E-state index contributed by atoms with van der Waals surface area (Å²) in [4.78, 5) is 22.7. The lowest BCUT2D eigenvalue weighted by Gasteiger charge is -2.05. The normalized spacial score (nSPS) is 9.41. The molecule has 1 aromatic carbocycles. The Morgan fingerprint density at radius 2 is 2.00 bits per heavy atom. The topological polar surface area (TPSA) is 119 Å². The van der Waals surface area contributed by atoms with Gasteiger partial charge in [-0.05, 0) is 24.3 Å². The molecule has 108 valence electrons. The molecule has 22 heavy (non-hydrogen) atoms. The molecule has 0 unspecified atom stereocenters. The van der Waals surface area contributed by atoms with E-state index < -0.39 is 5.63 Å². The minimum absolute atomic E-state index is 0.0439. The van der Waals surface area contributed by atoms with Crippen LogP contribution in [-0.2, 0) is 4.79 Å². The van der Waals surface area contributed by atoms with Crippen LogP contribution >= 0.6 is 0 Å². The van der Waals surface area contributed by atoms with Gasteiger partial charge in [-0.2, -0.15) is 10.5 Å². The van der Waals surface area contributed by atoms with Crippen LogP contribution < -0.4 is 16.3 Å². The smallest absolute Gasteiger partial charge is 0.360 e. The van der Waals surface area contributed by atoms with Gasteiger partial charge in [-0.15, -0.1) is 0 Å². The molecule has 1 amide bonds. The second-order valence-electron chi connectivity index (χ2n) is 4.31. The number of anilines is 2. The molecule has 0 aliphatic heterocycles. The van der Waals surface area contributed by atoms with Gasteiger partial charge in [0.1, 0.15) is 29.0 Å². The van der Waals surface area contributed by atoms with Crippen LogP contribution in [-0.4, -0.2) is 5.91 Å². The number of hydrogen-bond acceptors (Lipinski definition) is 6. The molecule has 0 spiro atoms. The monoisotopic (exact) mass is 294 g/mol. The number of carbonyl (C=O) groups is 1. The van der Waals surface area contributed by atoms with Crippen molar-refractivity contribution >= 4 is 28.3 Å². The second kappa shape index (κ2) is 6.25. The van der Waals surface area contributed by atoms with Crippen LogP contribution in [0.15, 0.2) is 45.3 Å². The van der Waals surface area contributed by atoms with Gasteiger partial charge in [0.15, 0.2) is 0 Å². The highest BCUT2D eigenvalue weighted by molar-refractivity contribution is 5.91. The third kappa shape index (κ3) is 3.30. The summed E-state index contributed by atoms with van der Waals surface area (Å²) in [5.41, 5.74) is 0.285. The van der Waals surface area contributed by atoms with Gasteiger partial charge in [-0.1, -0.05) is 0 Å². The zero-order valence-corrected chi connectivity index (χ0v) is 11.5. The first-order chi connectivity index (χ1) is 10.5. The van der Waals surface area contributed by atoms with E-state index in [1.807, 2.05) is 0 Å². The Balaban J connectivity index is 2.41. The van der Waals surface area contributed by atoms with Crippen molar-refractivity contribution in [2.45, 2.75) is 6.92 Å². The molecular formula is C15H10N4O3. The molecule has 2 N–H and O–H groups in total. The maximum absolute atomic E-state index is 11.7. The molecule has 0 radical (unpaired) electrons. The zero-order chi connectivity index (χ0) is 16.1. The summed E-state index contributed by atoms with van der Waals surface area (Å²) in [6.07, 6.45) is 1.27. The average Bonchev–Trinajstić information content (AvgIpc) is 2.48. The summed E-state index contributed by atoms with van der Waals surface area (Å²) >= 11 is 0. The fourth-order valence-corrected chi connectivity index (χ4v) is 1.74. The van der Waals surface area contributed by atoms with E-state index >= 15 is 0 Å². The van der Waals surface area contributed by atoms with Crippen LogP contribution in [0.4, 0.5) is 11.4 Å². The lowest BCUT2D eigenvalue weighted by atomic mass is 10.2. The van der Waals surface area contributed by atoms with E-state index in [9.17, 15) is 9.59 Å². The number of nitrogens with zero attached hydrogens (tertiary/aromatic N) is 2. The molecule has 7 nitrogen and oxygen atoms in total. The van der Waals surface area contributed by atoms with Gasteiger partial charge >= 0.3 is 5.63 Å². The predicted molar refractivity (Wildman–Crippen MR) is 79.7 cm³/mol. The molecule has 2 aromatic rings. The van der Waals surface area contributed by atoms with Gasteiger partial charge in [-0.3, -0.25) is 4.79 Å². The number of nitrogens with one attached hydrogen (secondary N) is 2. The zero-order valence-electron chi connectivity index (χ0n) is 11.5. The molecule has 0 atom stereocenters. The first-order valence-corrected chi connectivity index (χ1v) is 6.16. The largest absolute Gasteiger partial charge is 0.421 e. The first-order valence-electron chi connectivity index (χ1n) is 6.16. The van der Waals surface area contributed by atoms with E-state index in [1.165, 1.54) is 19.2 Å². The average molecular weight is 294 g/mol. The Bertz CT molecular complexity index is 897. The van der Waals surface area contributed by atoms with Gasteiger partial charge in [0.25, 0.3) is 0 Å². The molecule has 0 saturated carbocycles. The fraction of sp³-hybridized carbons (Fsp3) is 0.0667. The van der Waals surface area contributed by atoms with Crippen molar-refractivity contribution < 1.29 is 9.21 Å². The number of allylic oxidation sites excluding steroid dienone is 1. The lowest BCUT2D eigenvalue weighted by molar-refractivity contribution is -0.114. The minimum Gasteiger partial charge on any atom is -0.421 e. The maximum atomic E-state index is 11.7. The van der Waals surface area contributed by atoms with Gasteiger partial charge in [0.05, 0.1) is 0 Å². The van der Waals surface area contributed by atoms with Crippen molar-refractivity contribution in [2.75, 3.05) is 10.6 Å². The molecule has 0 aliphatic rings. The number of carbonyl (C=O) groups excluding carboxylic acids is 1. The molecule has 7 heteroatoms. The van der Waals surface area contributed by atoms with Crippen molar-refractivity contribution in [1.82, 2.24) is 0 Å². The van der Waals surface area contributed by atoms with E-state index in [0.29, 0.717) is 16.7 Å². The quantitative estimate of drug-likeness (QED) is 0.660. The molecule has 0 bridgehead atoms. The van der Waals surface area contributed by atoms with Crippen molar-refractivity contribution in [3.8, 4) is 12.1 Å². The Kier molecular flexibility index (Phi) is 4.21. The van der Waals surface area contributed by atoms with Gasteiger partial charge in [0.2, 0.25) is 5.91 Å². The number of rotatable bonds is 3. The summed E-state index contributed by atoms with van der Waals surface area (Å²) < 4.78 is 5.10. The van der Waals surface area contributed by atoms with E-state index in [-0.39, 0.29) is 17.2 Å². The van der Waals surface area contributed by atoms with Gasteiger partial charge < -0.3 is 15.1 Å². The third-order valence-electron chi connectivity index (χ3n) is 2.67. The Morgan fingerprint density at radius 1 is 1.27 bits per heavy atom. The Morgan fingerprint density at radius 3 is 2.64 bits per heavy atom. The number of amides is 1. The van der Waals surface area contributed by atoms with Crippen LogP contribution in [0.2, 0.25) is 0 Å². The lowest BCUT2D eigenvalue weighted by Crippen LogP contribution is -2.14. The van der Waals surface area contributed by atoms with Crippen molar-refractivity contribution in [1.29, 1.82) is 10.5 Å². The summed E-state index contributed by atoms with van der Waals surface area (Å²) in [6, 6.07) is 9.81. The van der Waals surface area contributed by atoms with Crippen LogP contribution in [0, 0.1) is 22.7 Å². The number of fused-ring (bicyclic) bond motifs is 1. The summed E-state index contributed by atoms with van der Waals surface area (Å²) in [5, 5.41) is 23.1. The summed E-state index contributed by atoms with van der Waals surface area (Å²) in [6.45, 7) is 1.29. The van der Waals surface area contributed by atoms with Crippen molar-refractivity contribution in [3.63, 3.8) is 0 Å². The third-order valence-corrected chi connectivity index (χ3v) is 2.67. The van der Waals surface area contributed by atoms with Crippen LogP contribution in [0.1, 0.15) is 6.92 Å². The Labute approximate surface area is 125 Å².